The van der Waals surface area contributed by atoms with Crippen molar-refractivity contribution in [2.75, 3.05) is 5.75 Å². The van der Waals surface area contributed by atoms with Gasteiger partial charge >= 0.3 is 0 Å². The third kappa shape index (κ3) is 2.77. The summed E-state index contributed by atoms with van der Waals surface area (Å²) in [5, 5.41) is 12.3. The average Bonchev–Trinajstić information content (AvgIpc) is 2.85. The van der Waals surface area contributed by atoms with Crippen LogP contribution in [0.1, 0.15) is 31.1 Å². The molecule has 0 aliphatic carbocycles. The molecule has 0 radical (unpaired) electrons. The lowest BCUT2D eigenvalue weighted by atomic mass is 9.95. The molecule has 1 N–H and O–H groups in total. The molecule has 1 fully saturated rings. The summed E-state index contributed by atoms with van der Waals surface area (Å²) >= 11 is 3.73. The van der Waals surface area contributed by atoms with E-state index >= 15 is 0 Å². The van der Waals surface area contributed by atoms with Gasteiger partial charge in [0.15, 0.2) is 0 Å². The number of aryl methyl sites for hydroxylation is 1. The summed E-state index contributed by atoms with van der Waals surface area (Å²) in [5.41, 5.74) is 0. The molecule has 2 heterocycles. The molecule has 0 aromatic carbocycles. The Hall–Kier alpha value is 0.01000. The summed E-state index contributed by atoms with van der Waals surface area (Å²) in [5.74, 6) is 1.21. The molecule has 0 spiro atoms. The lowest BCUT2D eigenvalue weighted by molar-refractivity contribution is 0.124. The molecular formula is C12H18OS2. The molecule has 0 bridgehead atoms. The largest absolute Gasteiger partial charge is 0.392 e. The summed E-state index contributed by atoms with van der Waals surface area (Å²) in [4.78, 5) is 1.39. The normalized spacial score (nSPS) is 28.1. The van der Waals surface area contributed by atoms with Gasteiger partial charge in [0.25, 0.3) is 0 Å². The molecule has 2 atom stereocenters. The standard InChI is InChI=1S/C12H18OS2/c1-12(7-3-9-15-12)11(13)6-5-10-4-2-8-14-10/h2,4,8,11,13H,3,5-7,9H2,1H3. The van der Waals surface area contributed by atoms with Crippen LogP contribution in [0.5, 0.6) is 0 Å². The van der Waals surface area contributed by atoms with Gasteiger partial charge in [0.1, 0.15) is 0 Å². The number of thioether (sulfide) groups is 1. The number of thiophene rings is 1. The minimum absolute atomic E-state index is 0.122. The van der Waals surface area contributed by atoms with Gasteiger partial charge in [-0.1, -0.05) is 6.07 Å². The van der Waals surface area contributed by atoms with Crippen molar-refractivity contribution < 1.29 is 5.11 Å². The van der Waals surface area contributed by atoms with Crippen molar-refractivity contribution in [3.05, 3.63) is 22.4 Å². The van der Waals surface area contributed by atoms with Crippen LogP contribution < -0.4 is 0 Å². The number of hydrogen-bond donors (Lipinski definition) is 1. The van der Waals surface area contributed by atoms with E-state index in [9.17, 15) is 5.11 Å². The third-order valence-corrected chi connectivity index (χ3v) is 5.76. The van der Waals surface area contributed by atoms with Crippen molar-refractivity contribution >= 4 is 23.1 Å². The molecule has 1 aliphatic rings. The van der Waals surface area contributed by atoms with Gasteiger partial charge in [0.05, 0.1) is 6.10 Å². The van der Waals surface area contributed by atoms with Crippen LogP contribution >= 0.6 is 23.1 Å². The van der Waals surface area contributed by atoms with Gasteiger partial charge in [-0.05, 0) is 49.8 Å². The topological polar surface area (TPSA) is 20.2 Å². The lowest BCUT2D eigenvalue weighted by Gasteiger charge is -2.28. The minimum atomic E-state index is -0.146. The molecule has 1 nitrogen and oxygen atoms in total. The number of aliphatic hydroxyl groups excluding tert-OH is 1. The zero-order chi connectivity index (χ0) is 10.7. The van der Waals surface area contributed by atoms with Crippen molar-refractivity contribution in [2.24, 2.45) is 0 Å². The smallest absolute Gasteiger partial charge is 0.0687 e. The molecular weight excluding hydrogens is 224 g/mol. The Morgan fingerprint density at radius 2 is 2.47 bits per heavy atom. The highest BCUT2D eigenvalue weighted by Crippen LogP contribution is 2.41. The van der Waals surface area contributed by atoms with Crippen LogP contribution in [0.4, 0.5) is 0 Å². The van der Waals surface area contributed by atoms with Gasteiger partial charge in [0.2, 0.25) is 0 Å². The minimum Gasteiger partial charge on any atom is -0.392 e. The maximum absolute atomic E-state index is 10.2. The Labute approximate surface area is 99.9 Å². The second kappa shape index (κ2) is 4.89. The highest BCUT2D eigenvalue weighted by Gasteiger charge is 2.36. The van der Waals surface area contributed by atoms with Gasteiger partial charge in [-0.25, -0.2) is 0 Å². The van der Waals surface area contributed by atoms with Crippen LogP contribution in [0.2, 0.25) is 0 Å². The van der Waals surface area contributed by atoms with Gasteiger partial charge in [-0.2, -0.15) is 11.8 Å². The molecule has 1 aliphatic heterocycles. The molecule has 84 valence electrons. The Morgan fingerprint density at radius 3 is 3.07 bits per heavy atom. The zero-order valence-corrected chi connectivity index (χ0v) is 10.7. The maximum Gasteiger partial charge on any atom is 0.0687 e. The number of hydrogen-bond acceptors (Lipinski definition) is 3. The average molecular weight is 242 g/mol. The van der Waals surface area contributed by atoms with E-state index in [1.165, 1.54) is 23.5 Å². The predicted octanol–water partition coefficient (Wildman–Crippen LogP) is 3.33. The monoisotopic (exact) mass is 242 g/mol. The van der Waals surface area contributed by atoms with E-state index < -0.39 is 0 Å². The zero-order valence-electron chi connectivity index (χ0n) is 9.11. The van der Waals surface area contributed by atoms with E-state index in [2.05, 4.69) is 24.4 Å². The fourth-order valence-electron chi connectivity index (χ4n) is 2.10. The van der Waals surface area contributed by atoms with Gasteiger partial charge in [0, 0.05) is 9.62 Å². The predicted molar refractivity (Wildman–Crippen MR) is 68.7 cm³/mol. The van der Waals surface area contributed by atoms with E-state index in [0.29, 0.717) is 0 Å². The molecule has 1 saturated heterocycles. The van der Waals surface area contributed by atoms with E-state index in [-0.39, 0.29) is 10.9 Å². The van der Waals surface area contributed by atoms with Crippen molar-refractivity contribution in [1.29, 1.82) is 0 Å². The van der Waals surface area contributed by atoms with E-state index in [1.807, 2.05) is 11.8 Å². The lowest BCUT2D eigenvalue weighted by Crippen LogP contribution is -2.33. The summed E-state index contributed by atoms with van der Waals surface area (Å²) in [6.45, 7) is 2.21. The van der Waals surface area contributed by atoms with Crippen molar-refractivity contribution in [1.82, 2.24) is 0 Å². The molecule has 1 aromatic rings. The van der Waals surface area contributed by atoms with Gasteiger partial charge in [-0.3, -0.25) is 0 Å². The first-order chi connectivity index (χ1) is 7.21. The summed E-state index contributed by atoms with van der Waals surface area (Å²) in [6, 6.07) is 4.24. The van der Waals surface area contributed by atoms with Crippen LogP contribution in [0.25, 0.3) is 0 Å². The first-order valence-corrected chi connectivity index (χ1v) is 7.42. The van der Waals surface area contributed by atoms with Crippen LogP contribution in [0, 0.1) is 0 Å². The number of aliphatic hydroxyl groups is 1. The van der Waals surface area contributed by atoms with Crippen molar-refractivity contribution in [3.8, 4) is 0 Å². The summed E-state index contributed by atoms with van der Waals surface area (Å²) < 4.78 is 0.122. The summed E-state index contributed by atoms with van der Waals surface area (Å²) in [7, 11) is 0. The maximum atomic E-state index is 10.2. The fourth-order valence-corrected chi connectivity index (χ4v) is 4.18. The van der Waals surface area contributed by atoms with E-state index in [1.54, 1.807) is 11.3 Å². The first-order valence-electron chi connectivity index (χ1n) is 5.55. The molecule has 2 unspecified atom stereocenters. The van der Waals surface area contributed by atoms with Crippen LogP contribution in [0.15, 0.2) is 17.5 Å². The quantitative estimate of drug-likeness (QED) is 0.874. The molecule has 1 aromatic heterocycles. The highest BCUT2D eigenvalue weighted by molar-refractivity contribution is 8.00. The van der Waals surface area contributed by atoms with Crippen LogP contribution in [0.3, 0.4) is 0 Å². The van der Waals surface area contributed by atoms with Gasteiger partial charge in [-0.15, -0.1) is 11.3 Å². The van der Waals surface area contributed by atoms with Gasteiger partial charge < -0.3 is 5.11 Å². The van der Waals surface area contributed by atoms with Crippen molar-refractivity contribution in [2.45, 2.75) is 43.5 Å². The molecule has 15 heavy (non-hydrogen) atoms. The molecule has 0 saturated carbocycles. The second-order valence-corrected chi connectivity index (χ2v) is 7.06. The Morgan fingerprint density at radius 1 is 1.60 bits per heavy atom. The SMILES string of the molecule is CC1(C(O)CCc2cccs2)CCCS1. The van der Waals surface area contributed by atoms with Crippen LogP contribution in [-0.2, 0) is 6.42 Å². The Balaban J connectivity index is 1.84. The molecule has 2 rings (SSSR count). The number of rotatable bonds is 4. The molecule has 0 amide bonds. The van der Waals surface area contributed by atoms with E-state index in [4.69, 9.17) is 0 Å². The fraction of sp³-hybridized carbons (Fsp3) is 0.667. The first kappa shape index (κ1) is 11.5. The second-order valence-electron chi connectivity index (χ2n) is 4.40. The third-order valence-electron chi connectivity index (χ3n) is 3.20. The Kier molecular flexibility index (Phi) is 3.75. The highest BCUT2D eigenvalue weighted by atomic mass is 32.2. The molecule has 3 heteroatoms. The Bertz CT molecular complexity index is 289. The van der Waals surface area contributed by atoms with E-state index in [0.717, 1.165) is 12.8 Å². The van der Waals surface area contributed by atoms with Crippen molar-refractivity contribution in [3.63, 3.8) is 0 Å². The van der Waals surface area contributed by atoms with Crippen LogP contribution in [-0.4, -0.2) is 21.7 Å². The summed E-state index contributed by atoms with van der Waals surface area (Å²) in [6.07, 6.45) is 4.21.